The van der Waals surface area contributed by atoms with Crippen LogP contribution in [0.25, 0.3) is 0 Å². The fourth-order valence-electron chi connectivity index (χ4n) is 2.55. The summed E-state index contributed by atoms with van der Waals surface area (Å²) in [5.41, 5.74) is -1.03. The average molecular weight is 293 g/mol. The van der Waals surface area contributed by atoms with Crippen LogP contribution in [0, 0.1) is 0 Å². The average Bonchev–Trinajstić information content (AvgIpc) is 2.87. The lowest BCUT2D eigenvalue weighted by Crippen LogP contribution is -2.73. The van der Waals surface area contributed by atoms with E-state index in [1.54, 1.807) is 36.7 Å². The minimum atomic E-state index is -0.858. The van der Waals surface area contributed by atoms with Crippen molar-refractivity contribution in [1.82, 2.24) is 25.2 Å². The first-order valence-corrected chi connectivity index (χ1v) is 7.26. The number of nitrogens with zero attached hydrogens (tertiary/aromatic N) is 4. The third kappa shape index (κ3) is 2.41. The van der Waals surface area contributed by atoms with Crippen LogP contribution in [0.4, 0.5) is 0 Å². The predicted octanol–water partition coefficient (Wildman–Crippen LogP) is 0.611. The van der Waals surface area contributed by atoms with Crippen molar-refractivity contribution in [3.05, 3.63) is 11.9 Å². The van der Waals surface area contributed by atoms with Gasteiger partial charge in [-0.25, -0.2) is 0 Å². The third-order valence-corrected chi connectivity index (χ3v) is 4.56. The molecular formula is C14H23N5O2. The van der Waals surface area contributed by atoms with Crippen LogP contribution in [-0.4, -0.2) is 42.8 Å². The van der Waals surface area contributed by atoms with Crippen LogP contribution < -0.4 is 5.32 Å². The highest BCUT2D eigenvalue weighted by molar-refractivity contribution is 6.01. The summed E-state index contributed by atoms with van der Waals surface area (Å²) in [5, 5.41) is 10.8. The molecule has 0 aliphatic carbocycles. The van der Waals surface area contributed by atoms with Crippen LogP contribution in [0.2, 0.25) is 0 Å². The Bertz CT molecular complexity index is 569. The Morgan fingerprint density at radius 2 is 1.90 bits per heavy atom. The van der Waals surface area contributed by atoms with Crippen LogP contribution in [0.1, 0.15) is 46.2 Å². The summed E-state index contributed by atoms with van der Waals surface area (Å²) in [4.78, 5) is 27.0. The summed E-state index contributed by atoms with van der Waals surface area (Å²) >= 11 is 0. The fourth-order valence-corrected chi connectivity index (χ4v) is 2.55. The highest BCUT2D eigenvalue weighted by Crippen LogP contribution is 2.31. The maximum atomic E-state index is 12.9. The van der Waals surface area contributed by atoms with E-state index in [9.17, 15) is 9.59 Å². The van der Waals surface area contributed by atoms with Crippen molar-refractivity contribution < 1.29 is 9.59 Å². The number of hydrogen-bond acceptors (Lipinski definition) is 4. The number of carbonyl (C=O) groups is 2. The molecule has 1 saturated heterocycles. The van der Waals surface area contributed by atoms with Gasteiger partial charge in [0.25, 0.3) is 0 Å². The molecule has 2 atom stereocenters. The minimum absolute atomic E-state index is 0.0698. The first-order chi connectivity index (χ1) is 9.76. The van der Waals surface area contributed by atoms with Crippen LogP contribution in [0.3, 0.4) is 0 Å². The Hall–Kier alpha value is -1.92. The molecule has 1 aliphatic heterocycles. The lowest BCUT2D eigenvalue weighted by molar-refractivity contribution is -0.163. The Labute approximate surface area is 124 Å². The van der Waals surface area contributed by atoms with E-state index >= 15 is 0 Å². The van der Waals surface area contributed by atoms with Gasteiger partial charge in [-0.05, 0) is 26.7 Å². The summed E-state index contributed by atoms with van der Waals surface area (Å²) in [5.74, 6) is -0.183. The molecule has 7 nitrogen and oxygen atoms in total. The molecule has 2 unspecified atom stereocenters. The Balaban J connectivity index is 2.39. The summed E-state index contributed by atoms with van der Waals surface area (Å²) < 4.78 is 1.59. The van der Waals surface area contributed by atoms with Crippen molar-refractivity contribution >= 4 is 11.8 Å². The minimum Gasteiger partial charge on any atom is -0.340 e. The highest BCUT2D eigenvalue weighted by atomic mass is 16.2. The molecule has 1 aromatic rings. The van der Waals surface area contributed by atoms with Gasteiger partial charge in [0.2, 0.25) is 11.8 Å². The number of rotatable bonds is 4. The van der Waals surface area contributed by atoms with E-state index in [1.165, 1.54) is 0 Å². The number of piperazine rings is 1. The van der Waals surface area contributed by atoms with Gasteiger partial charge in [0.1, 0.15) is 16.8 Å². The molecule has 2 rings (SSSR count). The number of nitrogens with one attached hydrogen (secondary N) is 1. The van der Waals surface area contributed by atoms with Crippen molar-refractivity contribution in [1.29, 1.82) is 0 Å². The molecule has 0 radical (unpaired) electrons. The second kappa shape index (κ2) is 5.13. The van der Waals surface area contributed by atoms with Crippen LogP contribution >= 0.6 is 0 Å². The van der Waals surface area contributed by atoms with Gasteiger partial charge in [-0.3, -0.25) is 14.3 Å². The van der Waals surface area contributed by atoms with E-state index in [1.807, 2.05) is 13.8 Å². The maximum Gasteiger partial charge on any atom is 0.249 e. The smallest absolute Gasteiger partial charge is 0.249 e. The van der Waals surface area contributed by atoms with E-state index in [0.717, 1.165) is 0 Å². The quantitative estimate of drug-likeness (QED) is 0.882. The largest absolute Gasteiger partial charge is 0.340 e. The maximum absolute atomic E-state index is 12.9. The number of aromatic nitrogens is 3. The highest BCUT2D eigenvalue weighted by Gasteiger charge is 2.52. The molecule has 0 bridgehead atoms. The van der Waals surface area contributed by atoms with Gasteiger partial charge < -0.3 is 10.2 Å². The molecule has 2 amide bonds. The van der Waals surface area contributed by atoms with Crippen LogP contribution in [0.5, 0.6) is 0 Å². The normalized spacial score (nSPS) is 29.7. The second-order valence-corrected chi connectivity index (χ2v) is 6.04. The van der Waals surface area contributed by atoms with Crippen molar-refractivity contribution in [2.24, 2.45) is 7.05 Å². The lowest BCUT2D eigenvalue weighted by Gasteiger charge is -2.49. The van der Waals surface area contributed by atoms with Gasteiger partial charge in [0, 0.05) is 13.2 Å². The number of hydrogen-bond donors (Lipinski definition) is 1. The van der Waals surface area contributed by atoms with E-state index in [-0.39, 0.29) is 11.8 Å². The van der Waals surface area contributed by atoms with E-state index in [2.05, 4.69) is 15.6 Å². The van der Waals surface area contributed by atoms with Crippen molar-refractivity contribution in [3.63, 3.8) is 0 Å². The fraction of sp³-hybridized carbons (Fsp3) is 0.714. The van der Waals surface area contributed by atoms with Gasteiger partial charge in [0.05, 0.1) is 6.54 Å². The first-order valence-electron chi connectivity index (χ1n) is 7.26. The molecule has 1 aromatic heterocycles. The van der Waals surface area contributed by atoms with E-state index < -0.39 is 11.1 Å². The topological polar surface area (TPSA) is 80.1 Å². The van der Waals surface area contributed by atoms with Gasteiger partial charge >= 0.3 is 0 Å². The molecule has 1 fully saturated rings. The molecule has 0 aromatic carbocycles. The van der Waals surface area contributed by atoms with Gasteiger partial charge in [-0.1, -0.05) is 19.1 Å². The summed E-state index contributed by atoms with van der Waals surface area (Å²) in [7, 11) is 1.77. The molecule has 1 aliphatic rings. The molecule has 7 heteroatoms. The van der Waals surface area contributed by atoms with Crippen molar-refractivity contribution in [2.75, 3.05) is 0 Å². The molecule has 2 heterocycles. The van der Waals surface area contributed by atoms with E-state index in [0.29, 0.717) is 25.1 Å². The van der Waals surface area contributed by atoms with E-state index in [4.69, 9.17) is 0 Å². The van der Waals surface area contributed by atoms with Gasteiger partial charge in [-0.15, -0.1) is 5.10 Å². The monoisotopic (exact) mass is 293 g/mol. The lowest BCUT2D eigenvalue weighted by atomic mass is 9.84. The first kappa shape index (κ1) is 15.5. The number of aryl methyl sites for hydroxylation is 1. The number of carbonyl (C=O) groups excluding carboxylic acids is 2. The zero-order valence-electron chi connectivity index (χ0n) is 13.3. The molecule has 21 heavy (non-hydrogen) atoms. The molecule has 1 N–H and O–H groups in total. The Kier molecular flexibility index (Phi) is 3.78. The third-order valence-electron chi connectivity index (χ3n) is 4.56. The van der Waals surface area contributed by atoms with Crippen LogP contribution in [0.15, 0.2) is 6.20 Å². The predicted molar refractivity (Wildman–Crippen MR) is 77.1 cm³/mol. The molecule has 0 saturated carbocycles. The summed E-state index contributed by atoms with van der Waals surface area (Å²) in [6.45, 7) is 7.66. The molecular weight excluding hydrogens is 270 g/mol. The molecule has 0 spiro atoms. The second-order valence-electron chi connectivity index (χ2n) is 6.04. The SMILES string of the molecule is CCC1(C)NC(=O)C(C)(CC)N(Cc2cn(C)nn2)C1=O. The summed E-state index contributed by atoms with van der Waals surface area (Å²) in [6, 6.07) is 0. The standard InChI is InChI=1S/C14H23N5O2/c1-6-13(3)12(21)19(9-10-8-18(5)17-16-10)14(4,7-2)11(20)15-13/h8H,6-7,9H2,1-5H3,(H,15,20). The Morgan fingerprint density at radius 1 is 1.24 bits per heavy atom. The Morgan fingerprint density at radius 3 is 2.38 bits per heavy atom. The zero-order valence-corrected chi connectivity index (χ0v) is 13.3. The van der Waals surface area contributed by atoms with Gasteiger partial charge in [-0.2, -0.15) is 0 Å². The van der Waals surface area contributed by atoms with Crippen molar-refractivity contribution in [2.45, 2.75) is 58.2 Å². The van der Waals surface area contributed by atoms with Gasteiger partial charge in [0.15, 0.2) is 0 Å². The number of amides is 2. The van der Waals surface area contributed by atoms with Crippen LogP contribution in [-0.2, 0) is 23.2 Å². The van der Waals surface area contributed by atoms with Crippen molar-refractivity contribution in [3.8, 4) is 0 Å². The molecule has 116 valence electrons. The zero-order chi connectivity index (χ0) is 15.8. The summed E-state index contributed by atoms with van der Waals surface area (Å²) in [6.07, 6.45) is 2.86.